The average molecular weight is 385 g/mol. The highest BCUT2D eigenvalue weighted by atomic mass is 16.5. The normalized spacial score (nSPS) is 12.5. The molecule has 0 bridgehead atoms. The lowest BCUT2D eigenvalue weighted by Crippen LogP contribution is -2.02. The van der Waals surface area contributed by atoms with Gasteiger partial charge in [0.05, 0.1) is 23.2 Å². The highest BCUT2D eigenvalue weighted by Crippen LogP contribution is 2.46. The van der Waals surface area contributed by atoms with Crippen LogP contribution >= 0.6 is 0 Å². The fraction of sp³-hybridized carbons (Fsp3) is 0.346. The summed E-state index contributed by atoms with van der Waals surface area (Å²) in [7, 11) is 2.11. The van der Waals surface area contributed by atoms with Crippen molar-refractivity contribution < 1.29 is 4.74 Å². The van der Waals surface area contributed by atoms with Crippen LogP contribution in [0.1, 0.15) is 50.2 Å². The molecule has 0 saturated heterocycles. The van der Waals surface area contributed by atoms with Crippen molar-refractivity contribution in [3.63, 3.8) is 0 Å². The van der Waals surface area contributed by atoms with Crippen molar-refractivity contribution in [3.8, 4) is 17.0 Å². The number of para-hydroxylation sites is 1. The number of ether oxygens (including phenoxy) is 1. The Morgan fingerprint density at radius 2 is 1.76 bits per heavy atom. The van der Waals surface area contributed by atoms with Crippen LogP contribution in [0.3, 0.4) is 0 Å². The number of unbranched alkanes of at least 4 members (excludes halogenated alkanes) is 4. The Labute approximate surface area is 172 Å². The SMILES string of the molecule is CCCCCCCOc1c2c(nc3c1c1ccccc1n3C)-c1ccccc1C2. The molecule has 1 aliphatic rings. The van der Waals surface area contributed by atoms with Crippen LogP contribution in [-0.4, -0.2) is 16.2 Å². The molecule has 0 fully saturated rings. The number of benzene rings is 2. The molecule has 0 spiro atoms. The van der Waals surface area contributed by atoms with Crippen molar-refractivity contribution >= 4 is 21.9 Å². The van der Waals surface area contributed by atoms with E-state index < -0.39 is 0 Å². The molecule has 2 heterocycles. The van der Waals surface area contributed by atoms with Crippen LogP contribution in [0.5, 0.6) is 5.75 Å². The number of aromatic nitrogens is 2. The quantitative estimate of drug-likeness (QED) is 0.294. The summed E-state index contributed by atoms with van der Waals surface area (Å²) in [4.78, 5) is 5.15. The van der Waals surface area contributed by atoms with Gasteiger partial charge in [-0.25, -0.2) is 4.98 Å². The van der Waals surface area contributed by atoms with Crippen molar-refractivity contribution in [2.24, 2.45) is 7.05 Å². The molecule has 4 aromatic rings. The van der Waals surface area contributed by atoms with Gasteiger partial charge in [-0.15, -0.1) is 0 Å². The summed E-state index contributed by atoms with van der Waals surface area (Å²) in [5.74, 6) is 1.05. The second-order valence-corrected chi connectivity index (χ2v) is 8.14. The van der Waals surface area contributed by atoms with Crippen molar-refractivity contribution in [1.82, 2.24) is 9.55 Å². The zero-order valence-corrected chi connectivity index (χ0v) is 17.4. The second kappa shape index (κ2) is 7.55. The Hall–Kier alpha value is -2.81. The summed E-state index contributed by atoms with van der Waals surface area (Å²) < 4.78 is 8.75. The lowest BCUT2D eigenvalue weighted by atomic mass is 10.1. The van der Waals surface area contributed by atoms with Crippen LogP contribution in [0.25, 0.3) is 33.2 Å². The van der Waals surface area contributed by atoms with Crippen LogP contribution in [0, 0.1) is 0 Å². The van der Waals surface area contributed by atoms with Gasteiger partial charge in [0.1, 0.15) is 11.4 Å². The van der Waals surface area contributed by atoms with E-state index in [4.69, 9.17) is 9.72 Å². The van der Waals surface area contributed by atoms with Crippen LogP contribution in [0.4, 0.5) is 0 Å². The Balaban J connectivity index is 1.63. The summed E-state index contributed by atoms with van der Waals surface area (Å²) in [6, 6.07) is 17.2. The largest absolute Gasteiger partial charge is 0.492 e. The second-order valence-electron chi connectivity index (χ2n) is 8.14. The molecule has 5 rings (SSSR count). The number of hydrogen-bond donors (Lipinski definition) is 0. The molecule has 2 aromatic carbocycles. The molecule has 3 heteroatoms. The topological polar surface area (TPSA) is 27.1 Å². The van der Waals surface area contributed by atoms with E-state index in [1.807, 2.05) is 0 Å². The molecule has 3 nitrogen and oxygen atoms in total. The smallest absolute Gasteiger partial charge is 0.145 e. The van der Waals surface area contributed by atoms with Crippen LogP contribution in [-0.2, 0) is 13.5 Å². The fourth-order valence-corrected chi connectivity index (χ4v) is 4.69. The van der Waals surface area contributed by atoms with E-state index in [1.54, 1.807) is 0 Å². The number of pyridine rings is 1. The number of fused-ring (bicyclic) bond motifs is 6. The molecule has 0 N–H and O–H groups in total. The predicted octanol–water partition coefficient (Wildman–Crippen LogP) is 6.65. The van der Waals surface area contributed by atoms with E-state index >= 15 is 0 Å². The lowest BCUT2D eigenvalue weighted by molar-refractivity contribution is 0.306. The van der Waals surface area contributed by atoms with Crippen LogP contribution in [0.15, 0.2) is 48.5 Å². The number of rotatable bonds is 7. The highest BCUT2D eigenvalue weighted by Gasteiger charge is 2.28. The summed E-state index contributed by atoms with van der Waals surface area (Å²) in [6.45, 7) is 3.03. The molecule has 0 aliphatic heterocycles. The summed E-state index contributed by atoms with van der Waals surface area (Å²) in [5, 5.41) is 2.40. The first-order valence-corrected chi connectivity index (χ1v) is 10.9. The maximum atomic E-state index is 6.54. The van der Waals surface area contributed by atoms with E-state index in [0.29, 0.717) is 0 Å². The standard InChI is InChI=1S/C26H28N2O/c1-3-4-5-6-11-16-29-25-21-17-18-12-7-8-13-19(18)24(21)27-26-23(25)20-14-9-10-15-22(20)28(26)2/h7-10,12-15H,3-6,11,16-17H2,1-2H3. The maximum Gasteiger partial charge on any atom is 0.145 e. The minimum absolute atomic E-state index is 0.773. The maximum absolute atomic E-state index is 6.54. The molecule has 0 radical (unpaired) electrons. The van der Waals surface area contributed by atoms with Crippen molar-refractivity contribution in [2.75, 3.05) is 6.61 Å². The van der Waals surface area contributed by atoms with Gasteiger partial charge in [0.15, 0.2) is 0 Å². The molecule has 2 aromatic heterocycles. The Morgan fingerprint density at radius 1 is 0.966 bits per heavy atom. The minimum atomic E-state index is 0.773. The van der Waals surface area contributed by atoms with Crippen LogP contribution < -0.4 is 4.74 Å². The van der Waals surface area contributed by atoms with Gasteiger partial charge < -0.3 is 9.30 Å². The third-order valence-electron chi connectivity index (χ3n) is 6.21. The van der Waals surface area contributed by atoms with E-state index in [0.717, 1.165) is 36.5 Å². The molecule has 29 heavy (non-hydrogen) atoms. The van der Waals surface area contributed by atoms with Crippen molar-refractivity contribution in [1.29, 1.82) is 0 Å². The first kappa shape index (κ1) is 18.2. The molecular weight excluding hydrogens is 356 g/mol. The van der Waals surface area contributed by atoms with Crippen molar-refractivity contribution in [3.05, 3.63) is 59.7 Å². The number of nitrogens with zero attached hydrogens (tertiary/aromatic N) is 2. The van der Waals surface area contributed by atoms with Gasteiger partial charge in [0.2, 0.25) is 0 Å². The van der Waals surface area contributed by atoms with Gasteiger partial charge >= 0.3 is 0 Å². The van der Waals surface area contributed by atoms with Gasteiger partial charge in [0, 0.05) is 30.0 Å². The third-order valence-corrected chi connectivity index (χ3v) is 6.21. The molecule has 148 valence electrons. The van der Waals surface area contributed by atoms with Crippen LogP contribution in [0.2, 0.25) is 0 Å². The predicted molar refractivity (Wildman–Crippen MR) is 121 cm³/mol. The fourth-order valence-electron chi connectivity index (χ4n) is 4.69. The van der Waals surface area contributed by atoms with E-state index in [-0.39, 0.29) is 0 Å². The first-order valence-electron chi connectivity index (χ1n) is 10.9. The molecule has 1 aliphatic carbocycles. The van der Waals surface area contributed by atoms with Gasteiger partial charge in [0.25, 0.3) is 0 Å². The summed E-state index contributed by atoms with van der Waals surface area (Å²) >= 11 is 0. The molecule has 0 amide bonds. The number of aryl methyl sites for hydroxylation is 1. The molecule has 0 saturated carbocycles. The average Bonchev–Trinajstić information content (AvgIpc) is 3.26. The molecule has 0 atom stereocenters. The monoisotopic (exact) mass is 384 g/mol. The van der Waals surface area contributed by atoms with Gasteiger partial charge in [-0.05, 0) is 18.1 Å². The summed E-state index contributed by atoms with van der Waals surface area (Å²) in [5.41, 5.74) is 7.18. The molecule has 0 unspecified atom stereocenters. The van der Waals surface area contributed by atoms with Crippen molar-refractivity contribution in [2.45, 2.75) is 45.4 Å². The van der Waals surface area contributed by atoms with Gasteiger partial charge in [-0.3, -0.25) is 0 Å². The first-order chi connectivity index (χ1) is 14.3. The van der Waals surface area contributed by atoms with E-state index in [2.05, 4.69) is 67.1 Å². The van der Waals surface area contributed by atoms with E-state index in [1.165, 1.54) is 58.7 Å². The van der Waals surface area contributed by atoms with Gasteiger partial charge in [-0.1, -0.05) is 75.1 Å². The van der Waals surface area contributed by atoms with Gasteiger partial charge in [-0.2, -0.15) is 0 Å². The Bertz CT molecular complexity index is 1190. The molecular formula is C26H28N2O. The van der Waals surface area contributed by atoms with E-state index in [9.17, 15) is 0 Å². The third kappa shape index (κ3) is 3.00. The Kier molecular flexibility index (Phi) is 4.75. The zero-order chi connectivity index (χ0) is 19.8. The summed E-state index contributed by atoms with van der Waals surface area (Å²) in [6.07, 6.45) is 7.13. The highest BCUT2D eigenvalue weighted by molar-refractivity contribution is 6.11. The number of hydrogen-bond acceptors (Lipinski definition) is 2. The minimum Gasteiger partial charge on any atom is -0.492 e. The lowest BCUT2D eigenvalue weighted by Gasteiger charge is -2.13. The Morgan fingerprint density at radius 3 is 2.66 bits per heavy atom. The zero-order valence-electron chi connectivity index (χ0n) is 17.4.